The van der Waals surface area contributed by atoms with Gasteiger partial charge in [0.15, 0.2) is 11.5 Å². The van der Waals surface area contributed by atoms with Gasteiger partial charge in [-0.2, -0.15) is 13.2 Å². The zero-order valence-electron chi connectivity index (χ0n) is 14.6. The number of rotatable bonds is 6. The Labute approximate surface area is 158 Å². The van der Waals surface area contributed by atoms with E-state index in [0.29, 0.717) is 11.5 Å². The minimum Gasteiger partial charge on any atom is -0.454 e. The van der Waals surface area contributed by atoms with Gasteiger partial charge in [-0.1, -0.05) is 12.1 Å². The highest BCUT2D eigenvalue weighted by molar-refractivity contribution is 5.93. The van der Waals surface area contributed by atoms with Gasteiger partial charge in [-0.25, -0.2) is 0 Å². The second kappa shape index (κ2) is 8.20. The lowest BCUT2D eigenvalue weighted by atomic mass is 10.2. The van der Waals surface area contributed by atoms with Crippen LogP contribution in [0.4, 0.5) is 18.9 Å². The van der Waals surface area contributed by atoms with Crippen LogP contribution in [0, 0.1) is 0 Å². The number of hydrogen-bond donors (Lipinski definition) is 2. The van der Waals surface area contributed by atoms with E-state index in [9.17, 15) is 22.8 Å². The zero-order chi connectivity index (χ0) is 20.1. The number of fused-ring (bicyclic) bond motifs is 1. The predicted octanol–water partition coefficient (Wildman–Crippen LogP) is 3.47. The second-order valence-electron chi connectivity index (χ2n) is 6.09. The summed E-state index contributed by atoms with van der Waals surface area (Å²) in [6.45, 7) is 0.414. The Kier molecular flexibility index (Phi) is 5.72. The fourth-order valence-electron chi connectivity index (χ4n) is 2.56. The molecule has 1 aliphatic rings. The molecule has 3 rings (SSSR count). The normalized spacial score (nSPS) is 12.5. The molecule has 0 spiro atoms. The predicted molar refractivity (Wildman–Crippen MR) is 93.7 cm³/mol. The van der Waals surface area contributed by atoms with E-state index in [2.05, 4.69) is 10.6 Å². The Balaban J connectivity index is 1.44. The number of nitrogens with one attached hydrogen (secondary N) is 2. The van der Waals surface area contributed by atoms with Crippen molar-refractivity contribution in [2.24, 2.45) is 0 Å². The van der Waals surface area contributed by atoms with E-state index in [4.69, 9.17) is 9.47 Å². The van der Waals surface area contributed by atoms with E-state index in [1.54, 1.807) is 18.2 Å². The molecule has 0 saturated carbocycles. The first kappa shape index (κ1) is 19.5. The summed E-state index contributed by atoms with van der Waals surface area (Å²) >= 11 is 0. The molecule has 2 aromatic rings. The van der Waals surface area contributed by atoms with E-state index < -0.39 is 17.6 Å². The first-order valence-electron chi connectivity index (χ1n) is 8.43. The molecule has 0 bridgehead atoms. The number of benzene rings is 2. The summed E-state index contributed by atoms with van der Waals surface area (Å²) in [5.74, 6) is 0.350. The van der Waals surface area contributed by atoms with Crippen LogP contribution < -0.4 is 20.1 Å². The molecule has 0 fully saturated rings. The number of carbonyl (C=O) groups is 2. The molecule has 2 amide bonds. The molecular formula is C19H17F3N2O4. The standard InChI is InChI=1S/C19H17F3N2O4/c20-19(21,22)13-2-1-3-14(9-13)24-18(26)7-6-17(25)23-10-12-4-5-15-16(8-12)28-11-27-15/h1-5,8-9H,6-7,10-11H2,(H,23,25)(H,24,26). The van der Waals surface area contributed by atoms with Gasteiger partial charge in [0, 0.05) is 25.1 Å². The fraction of sp³-hybridized carbons (Fsp3) is 0.263. The van der Waals surface area contributed by atoms with Crippen molar-refractivity contribution in [3.05, 3.63) is 53.6 Å². The molecule has 0 aliphatic carbocycles. The van der Waals surface area contributed by atoms with Crippen LogP contribution >= 0.6 is 0 Å². The molecule has 0 saturated heterocycles. The van der Waals surface area contributed by atoms with Gasteiger partial charge in [-0.3, -0.25) is 9.59 Å². The first-order valence-corrected chi connectivity index (χ1v) is 8.43. The Bertz CT molecular complexity index is 884. The van der Waals surface area contributed by atoms with Gasteiger partial charge in [0.1, 0.15) is 0 Å². The van der Waals surface area contributed by atoms with Crippen LogP contribution in [0.1, 0.15) is 24.0 Å². The van der Waals surface area contributed by atoms with Crippen LogP contribution in [0.25, 0.3) is 0 Å². The molecule has 1 aliphatic heterocycles. The SMILES string of the molecule is O=C(CCC(=O)Nc1cccc(C(F)(F)F)c1)NCc1ccc2c(c1)OCO2. The van der Waals surface area contributed by atoms with E-state index in [-0.39, 0.29) is 37.8 Å². The maximum Gasteiger partial charge on any atom is 0.416 e. The molecule has 2 aromatic carbocycles. The van der Waals surface area contributed by atoms with Crippen molar-refractivity contribution >= 4 is 17.5 Å². The smallest absolute Gasteiger partial charge is 0.416 e. The lowest BCUT2D eigenvalue weighted by Gasteiger charge is -2.10. The number of carbonyl (C=O) groups excluding carboxylic acids is 2. The van der Waals surface area contributed by atoms with Crippen LogP contribution in [0.2, 0.25) is 0 Å². The van der Waals surface area contributed by atoms with Gasteiger partial charge in [0.05, 0.1) is 5.56 Å². The van der Waals surface area contributed by atoms with Crippen molar-refractivity contribution in [1.29, 1.82) is 0 Å². The summed E-state index contributed by atoms with van der Waals surface area (Å²) in [7, 11) is 0. The summed E-state index contributed by atoms with van der Waals surface area (Å²) in [6.07, 6.45) is -4.73. The third kappa shape index (κ3) is 5.15. The maximum absolute atomic E-state index is 12.7. The fourth-order valence-corrected chi connectivity index (χ4v) is 2.56. The molecule has 28 heavy (non-hydrogen) atoms. The van der Waals surface area contributed by atoms with Gasteiger partial charge >= 0.3 is 6.18 Å². The average Bonchev–Trinajstić information content (AvgIpc) is 3.12. The quantitative estimate of drug-likeness (QED) is 0.787. The maximum atomic E-state index is 12.7. The summed E-state index contributed by atoms with van der Waals surface area (Å²) in [6, 6.07) is 9.60. The van der Waals surface area contributed by atoms with Crippen LogP contribution in [0.5, 0.6) is 11.5 Å². The topological polar surface area (TPSA) is 76.7 Å². The van der Waals surface area contributed by atoms with Gasteiger partial charge in [-0.15, -0.1) is 0 Å². The Morgan fingerprint density at radius 3 is 2.50 bits per heavy atom. The molecule has 0 radical (unpaired) electrons. The lowest BCUT2D eigenvalue weighted by Crippen LogP contribution is -2.24. The molecule has 9 heteroatoms. The molecule has 148 valence electrons. The number of anilines is 1. The summed E-state index contributed by atoms with van der Waals surface area (Å²) in [5.41, 5.74) is -0.0154. The van der Waals surface area contributed by atoms with Gasteiger partial charge in [-0.05, 0) is 35.9 Å². The lowest BCUT2D eigenvalue weighted by molar-refractivity contribution is -0.137. The number of hydrogen-bond acceptors (Lipinski definition) is 4. The average molecular weight is 394 g/mol. The minimum atomic E-state index is -4.49. The summed E-state index contributed by atoms with van der Waals surface area (Å²) < 4.78 is 48.5. The Hall–Kier alpha value is -3.23. The zero-order valence-corrected chi connectivity index (χ0v) is 14.6. The summed E-state index contributed by atoms with van der Waals surface area (Å²) in [5, 5.41) is 5.04. The third-order valence-electron chi connectivity index (χ3n) is 3.98. The van der Waals surface area contributed by atoms with Crippen molar-refractivity contribution in [2.75, 3.05) is 12.1 Å². The van der Waals surface area contributed by atoms with Crippen LogP contribution in [-0.4, -0.2) is 18.6 Å². The molecular weight excluding hydrogens is 377 g/mol. The monoisotopic (exact) mass is 394 g/mol. The highest BCUT2D eigenvalue weighted by Crippen LogP contribution is 2.32. The van der Waals surface area contributed by atoms with Crippen LogP contribution in [-0.2, 0) is 22.3 Å². The first-order chi connectivity index (χ1) is 13.3. The van der Waals surface area contributed by atoms with E-state index >= 15 is 0 Å². The molecule has 1 heterocycles. The molecule has 0 unspecified atom stereocenters. The number of alkyl halides is 3. The van der Waals surface area contributed by atoms with Crippen molar-refractivity contribution in [3.8, 4) is 11.5 Å². The van der Waals surface area contributed by atoms with Crippen molar-refractivity contribution < 1.29 is 32.2 Å². The number of amides is 2. The van der Waals surface area contributed by atoms with E-state index in [0.717, 1.165) is 17.7 Å². The van der Waals surface area contributed by atoms with Gasteiger partial charge < -0.3 is 20.1 Å². The van der Waals surface area contributed by atoms with Gasteiger partial charge in [0.25, 0.3) is 0 Å². The largest absolute Gasteiger partial charge is 0.454 e. The third-order valence-corrected chi connectivity index (χ3v) is 3.98. The van der Waals surface area contributed by atoms with Crippen LogP contribution in [0.15, 0.2) is 42.5 Å². The number of halogens is 3. The van der Waals surface area contributed by atoms with Gasteiger partial charge in [0.2, 0.25) is 18.6 Å². The summed E-state index contributed by atoms with van der Waals surface area (Å²) in [4.78, 5) is 23.8. The highest BCUT2D eigenvalue weighted by Gasteiger charge is 2.30. The highest BCUT2D eigenvalue weighted by atomic mass is 19.4. The van der Waals surface area contributed by atoms with Crippen LogP contribution in [0.3, 0.4) is 0 Å². The van der Waals surface area contributed by atoms with E-state index in [1.807, 2.05) is 0 Å². The second-order valence-corrected chi connectivity index (χ2v) is 6.09. The molecule has 2 N–H and O–H groups in total. The molecule has 0 atom stereocenters. The van der Waals surface area contributed by atoms with Crippen molar-refractivity contribution in [2.45, 2.75) is 25.6 Å². The Morgan fingerprint density at radius 2 is 1.71 bits per heavy atom. The number of ether oxygens (including phenoxy) is 2. The minimum absolute atomic E-state index is 0.0283. The molecule has 0 aromatic heterocycles. The van der Waals surface area contributed by atoms with E-state index in [1.165, 1.54) is 12.1 Å². The van der Waals surface area contributed by atoms with Crippen molar-refractivity contribution in [3.63, 3.8) is 0 Å². The molecule has 6 nitrogen and oxygen atoms in total. The Morgan fingerprint density at radius 1 is 0.964 bits per heavy atom. The van der Waals surface area contributed by atoms with Crippen molar-refractivity contribution in [1.82, 2.24) is 5.32 Å².